The lowest BCUT2D eigenvalue weighted by atomic mass is 10.1. The Hall–Kier alpha value is -4.05. The maximum absolute atomic E-state index is 12.6. The van der Waals surface area contributed by atoms with Crippen LogP contribution in [0.1, 0.15) is 34.8 Å². The summed E-state index contributed by atoms with van der Waals surface area (Å²) in [4.78, 5) is 39.1. The minimum Gasteiger partial charge on any atom is -0.462 e. The summed E-state index contributed by atoms with van der Waals surface area (Å²) in [6, 6.07) is 14.5. The minimum atomic E-state index is -0.660. The zero-order chi connectivity index (χ0) is 22.1. The lowest BCUT2D eigenvalue weighted by Crippen LogP contribution is -2.24. The lowest BCUT2D eigenvalue weighted by molar-refractivity contribution is 0.0524. The maximum Gasteiger partial charge on any atom is 0.407 e. The molecule has 7 heteroatoms. The molecule has 2 N–H and O–H groups in total. The van der Waals surface area contributed by atoms with Crippen molar-refractivity contribution in [3.63, 3.8) is 0 Å². The molecule has 1 amide bonds. The van der Waals surface area contributed by atoms with E-state index in [9.17, 15) is 14.4 Å². The SMILES string of the molecule is CCOC(=O)c1c[nH]c2ccc(C#CCCNC(=O)OCc3ccccc3)cc2c1=O. The number of hydrogen-bond acceptors (Lipinski definition) is 5. The van der Waals surface area contributed by atoms with Gasteiger partial charge in [-0.1, -0.05) is 42.2 Å². The second-order valence-corrected chi connectivity index (χ2v) is 6.55. The fourth-order valence-corrected chi connectivity index (χ4v) is 2.82. The Bertz CT molecular complexity index is 1190. The number of pyridine rings is 1. The van der Waals surface area contributed by atoms with Crippen molar-refractivity contribution in [2.24, 2.45) is 0 Å². The quantitative estimate of drug-likeness (QED) is 0.363. The summed E-state index contributed by atoms with van der Waals surface area (Å²) in [7, 11) is 0. The fraction of sp³-hybridized carbons (Fsp3) is 0.208. The number of hydrogen-bond donors (Lipinski definition) is 2. The van der Waals surface area contributed by atoms with Crippen molar-refractivity contribution in [1.29, 1.82) is 0 Å². The number of ether oxygens (including phenoxy) is 2. The maximum atomic E-state index is 12.6. The van der Waals surface area contributed by atoms with Crippen LogP contribution in [-0.4, -0.2) is 30.2 Å². The molecule has 31 heavy (non-hydrogen) atoms. The van der Waals surface area contributed by atoms with Gasteiger partial charge in [0.2, 0.25) is 5.43 Å². The molecule has 158 valence electrons. The van der Waals surface area contributed by atoms with E-state index in [-0.39, 0.29) is 18.8 Å². The van der Waals surface area contributed by atoms with Crippen LogP contribution < -0.4 is 10.7 Å². The van der Waals surface area contributed by atoms with E-state index in [1.54, 1.807) is 25.1 Å². The van der Waals surface area contributed by atoms with Crippen molar-refractivity contribution >= 4 is 23.0 Å². The van der Waals surface area contributed by atoms with Gasteiger partial charge in [-0.3, -0.25) is 4.79 Å². The van der Waals surface area contributed by atoms with E-state index in [1.807, 2.05) is 30.3 Å². The molecule has 0 fully saturated rings. The van der Waals surface area contributed by atoms with Crippen LogP contribution in [0.3, 0.4) is 0 Å². The summed E-state index contributed by atoms with van der Waals surface area (Å²) < 4.78 is 10.0. The molecular formula is C24H22N2O5. The Kier molecular flexibility index (Phi) is 7.44. The molecule has 0 unspecified atom stereocenters. The smallest absolute Gasteiger partial charge is 0.407 e. The molecule has 0 radical (unpaired) electrons. The fourth-order valence-electron chi connectivity index (χ4n) is 2.82. The lowest BCUT2D eigenvalue weighted by Gasteiger charge is -2.05. The molecule has 3 rings (SSSR count). The molecule has 0 saturated carbocycles. The molecule has 3 aromatic rings. The number of aromatic amines is 1. The molecule has 2 aromatic carbocycles. The number of esters is 1. The third-order valence-electron chi connectivity index (χ3n) is 4.34. The normalized spacial score (nSPS) is 10.1. The minimum absolute atomic E-state index is 0.0438. The molecule has 0 spiro atoms. The van der Waals surface area contributed by atoms with Crippen LogP contribution in [0.15, 0.2) is 59.5 Å². The molecule has 7 nitrogen and oxygen atoms in total. The van der Waals surface area contributed by atoms with Crippen molar-refractivity contribution in [2.45, 2.75) is 20.0 Å². The molecule has 0 atom stereocenters. The number of alkyl carbamates (subject to hydrolysis) is 1. The highest BCUT2D eigenvalue weighted by Crippen LogP contribution is 2.11. The number of carbonyl (C=O) groups excluding carboxylic acids is 2. The highest BCUT2D eigenvalue weighted by molar-refractivity contribution is 5.93. The van der Waals surface area contributed by atoms with E-state index in [0.29, 0.717) is 29.4 Å². The van der Waals surface area contributed by atoms with Crippen molar-refractivity contribution < 1.29 is 19.1 Å². The van der Waals surface area contributed by atoms with Crippen LogP contribution in [0.25, 0.3) is 10.9 Å². The van der Waals surface area contributed by atoms with Gasteiger partial charge in [-0.25, -0.2) is 9.59 Å². The number of aromatic nitrogens is 1. The highest BCUT2D eigenvalue weighted by Gasteiger charge is 2.13. The second-order valence-electron chi connectivity index (χ2n) is 6.55. The Morgan fingerprint density at radius 1 is 1.10 bits per heavy atom. The van der Waals surface area contributed by atoms with Gasteiger partial charge in [0.05, 0.1) is 6.61 Å². The molecule has 0 bridgehead atoms. The average molecular weight is 418 g/mol. The first kappa shape index (κ1) is 21.7. The van der Waals surface area contributed by atoms with E-state index in [4.69, 9.17) is 9.47 Å². The number of H-pyrrole nitrogens is 1. The summed E-state index contributed by atoms with van der Waals surface area (Å²) >= 11 is 0. The monoisotopic (exact) mass is 418 g/mol. The number of rotatable bonds is 6. The summed E-state index contributed by atoms with van der Waals surface area (Å²) in [5, 5.41) is 3.00. The third-order valence-corrected chi connectivity index (χ3v) is 4.34. The average Bonchev–Trinajstić information content (AvgIpc) is 2.79. The first-order valence-corrected chi connectivity index (χ1v) is 9.84. The van der Waals surface area contributed by atoms with Gasteiger partial charge < -0.3 is 19.8 Å². The molecule has 0 aliphatic carbocycles. The molecule has 0 aliphatic rings. The van der Waals surface area contributed by atoms with Gasteiger partial charge in [-0.05, 0) is 30.7 Å². The van der Waals surface area contributed by atoms with Gasteiger partial charge in [0.25, 0.3) is 0 Å². The van der Waals surface area contributed by atoms with E-state index in [1.165, 1.54) is 6.20 Å². The number of nitrogens with one attached hydrogen (secondary N) is 2. The van der Waals surface area contributed by atoms with Gasteiger partial charge in [-0.2, -0.15) is 0 Å². The topological polar surface area (TPSA) is 97.5 Å². The highest BCUT2D eigenvalue weighted by atomic mass is 16.5. The Balaban J connectivity index is 1.56. The van der Waals surface area contributed by atoms with Gasteiger partial charge in [0.1, 0.15) is 12.2 Å². The van der Waals surface area contributed by atoms with Crippen LogP contribution in [0.5, 0.6) is 0 Å². The number of carbonyl (C=O) groups is 2. The predicted octanol–water partition coefficient (Wildman–Crippen LogP) is 3.37. The van der Waals surface area contributed by atoms with Gasteiger partial charge in [-0.15, -0.1) is 0 Å². The molecular weight excluding hydrogens is 396 g/mol. The van der Waals surface area contributed by atoms with E-state index >= 15 is 0 Å². The molecule has 1 heterocycles. The van der Waals surface area contributed by atoms with Crippen LogP contribution in [-0.2, 0) is 16.1 Å². The second kappa shape index (κ2) is 10.6. The Labute approximate surface area is 179 Å². The number of fused-ring (bicyclic) bond motifs is 1. The number of benzene rings is 2. The van der Waals surface area contributed by atoms with E-state index in [0.717, 1.165) is 5.56 Å². The van der Waals surface area contributed by atoms with Gasteiger partial charge >= 0.3 is 12.1 Å². The van der Waals surface area contributed by atoms with Crippen molar-refractivity contribution in [1.82, 2.24) is 10.3 Å². The van der Waals surface area contributed by atoms with Crippen molar-refractivity contribution in [2.75, 3.05) is 13.2 Å². The van der Waals surface area contributed by atoms with E-state index < -0.39 is 17.5 Å². The van der Waals surface area contributed by atoms with Gasteiger partial charge in [0, 0.05) is 35.6 Å². The van der Waals surface area contributed by atoms with Crippen LogP contribution in [0.2, 0.25) is 0 Å². The Morgan fingerprint density at radius 2 is 1.90 bits per heavy atom. The summed E-state index contributed by atoms with van der Waals surface area (Å²) in [5.74, 6) is 5.25. The largest absolute Gasteiger partial charge is 0.462 e. The summed E-state index contributed by atoms with van der Waals surface area (Å²) in [5.41, 5.74) is 1.70. The Morgan fingerprint density at radius 3 is 2.68 bits per heavy atom. The standard InChI is InChI=1S/C24H22N2O5/c1-2-30-23(28)20-15-26-21-12-11-17(14-19(21)22(20)27)8-6-7-13-25-24(29)31-16-18-9-4-3-5-10-18/h3-5,9-12,14-15H,2,7,13,16H2,1H3,(H,25,29)(H,26,27). The third kappa shape index (κ3) is 5.97. The van der Waals surface area contributed by atoms with E-state index in [2.05, 4.69) is 22.1 Å². The zero-order valence-electron chi connectivity index (χ0n) is 17.1. The van der Waals surface area contributed by atoms with Crippen LogP contribution >= 0.6 is 0 Å². The van der Waals surface area contributed by atoms with Gasteiger partial charge in [0.15, 0.2) is 0 Å². The van der Waals surface area contributed by atoms with Crippen molar-refractivity contribution in [3.8, 4) is 11.8 Å². The van der Waals surface area contributed by atoms with Crippen LogP contribution in [0.4, 0.5) is 4.79 Å². The number of amides is 1. The first-order valence-electron chi connectivity index (χ1n) is 9.84. The molecule has 1 aromatic heterocycles. The molecule has 0 aliphatic heterocycles. The van der Waals surface area contributed by atoms with Crippen molar-refractivity contribution in [3.05, 3.63) is 81.6 Å². The predicted molar refractivity (Wildman–Crippen MR) is 117 cm³/mol. The summed E-state index contributed by atoms with van der Waals surface area (Å²) in [6.07, 6.45) is 1.27. The van der Waals surface area contributed by atoms with Crippen LogP contribution in [0, 0.1) is 11.8 Å². The summed E-state index contributed by atoms with van der Waals surface area (Å²) in [6.45, 7) is 2.41. The first-order chi connectivity index (χ1) is 15.1. The molecule has 0 saturated heterocycles. The zero-order valence-corrected chi connectivity index (χ0v) is 17.1.